The maximum atomic E-state index is 11.9. The summed E-state index contributed by atoms with van der Waals surface area (Å²) in [6.07, 6.45) is 0.811. The molecule has 0 saturated carbocycles. The van der Waals surface area contributed by atoms with Gasteiger partial charge in [0.15, 0.2) is 0 Å². The van der Waals surface area contributed by atoms with Gasteiger partial charge in [-0.1, -0.05) is 30.3 Å². The zero-order chi connectivity index (χ0) is 13.7. The van der Waals surface area contributed by atoms with Crippen molar-refractivity contribution in [2.24, 2.45) is 11.7 Å². The van der Waals surface area contributed by atoms with Crippen LogP contribution >= 0.6 is 12.4 Å². The summed E-state index contributed by atoms with van der Waals surface area (Å²) in [7, 11) is -3.28. The molecule has 1 aromatic rings. The van der Waals surface area contributed by atoms with Gasteiger partial charge in [0.25, 0.3) is 0 Å². The van der Waals surface area contributed by atoms with Gasteiger partial charge in [0, 0.05) is 19.2 Å². The third-order valence-corrected chi connectivity index (χ3v) is 4.75. The molecular weight excluding hydrogens is 300 g/mol. The van der Waals surface area contributed by atoms with Crippen LogP contribution in [-0.2, 0) is 14.8 Å². The number of ether oxygens (including phenoxy) is 1. The SMILES string of the molecule is Cl.NC(CNS(=O)(=O)CC1CCOC1)c1ccccc1. The Labute approximate surface area is 126 Å². The van der Waals surface area contributed by atoms with E-state index >= 15 is 0 Å². The van der Waals surface area contributed by atoms with Gasteiger partial charge in [-0.05, 0) is 17.9 Å². The summed E-state index contributed by atoms with van der Waals surface area (Å²) in [4.78, 5) is 0. The third kappa shape index (κ3) is 5.38. The average molecular weight is 321 g/mol. The first-order valence-corrected chi connectivity index (χ1v) is 8.07. The third-order valence-electron chi connectivity index (χ3n) is 3.23. The average Bonchev–Trinajstić information content (AvgIpc) is 2.89. The highest BCUT2D eigenvalue weighted by Crippen LogP contribution is 2.14. The van der Waals surface area contributed by atoms with E-state index in [0.29, 0.717) is 13.2 Å². The van der Waals surface area contributed by atoms with Crippen LogP contribution in [0.15, 0.2) is 30.3 Å². The van der Waals surface area contributed by atoms with Crippen LogP contribution < -0.4 is 10.5 Å². The molecule has 0 aliphatic carbocycles. The van der Waals surface area contributed by atoms with Gasteiger partial charge in [-0.15, -0.1) is 12.4 Å². The molecule has 1 aliphatic heterocycles. The summed E-state index contributed by atoms with van der Waals surface area (Å²) in [5.74, 6) is 0.222. The van der Waals surface area contributed by atoms with Crippen molar-refractivity contribution in [2.75, 3.05) is 25.5 Å². The van der Waals surface area contributed by atoms with Gasteiger partial charge in [0.2, 0.25) is 10.0 Å². The van der Waals surface area contributed by atoms with Gasteiger partial charge < -0.3 is 10.5 Å². The number of benzene rings is 1. The molecular formula is C13H21ClN2O3S. The lowest BCUT2D eigenvalue weighted by atomic mass is 10.1. The van der Waals surface area contributed by atoms with Gasteiger partial charge >= 0.3 is 0 Å². The molecule has 0 bridgehead atoms. The topological polar surface area (TPSA) is 81.4 Å². The standard InChI is InChI=1S/C13H20N2O3S.ClH/c14-13(12-4-2-1-3-5-12)8-15-19(16,17)10-11-6-7-18-9-11;/h1-5,11,13,15H,6-10,14H2;1H. The lowest BCUT2D eigenvalue weighted by molar-refractivity contribution is 0.188. The molecule has 0 aromatic heterocycles. The Morgan fingerprint density at radius 2 is 2.05 bits per heavy atom. The van der Waals surface area contributed by atoms with E-state index in [2.05, 4.69) is 4.72 Å². The zero-order valence-corrected chi connectivity index (χ0v) is 12.8. The van der Waals surface area contributed by atoms with Crippen LogP contribution in [0.25, 0.3) is 0 Å². The van der Waals surface area contributed by atoms with Crippen LogP contribution in [0, 0.1) is 5.92 Å². The minimum atomic E-state index is -3.28. The smallest absolute Gasteiger partial charge is 0.212 e. The van der Waals surface area contributed by atoms with E-state index in [4.69, 9.17) is 10.5 Å². The Morgan fingerprint density at radius 3 is 2.65 bits per heavy atom. The predicted octanol–water partition coefficient (Wildman–Crippen LogP) is 1.06. The van der Waals surface area contributed by atoms with Crippen LogP contribution in [-0.4, -0.2) is 33.9 Å². The fourth-order valence-electron chi connectivity index (χ4n) is 2.12. The predicted molar refractivity (Wildman–Crippen MR) is 81.3 cm³/mol. The van der Waals surface area contributed by atoms with Crippen molar-refractivity contribution in [3.8, 4) is 0 Å². The molecule has 0 radical (unpaired) electrons. The number of hydrogen-bond acceptors (Lipinski definition) is 4. The number of halogens is 1. The van der Waals surface area contributed by atoms with Gasteiger partial charge in [0.05, 0.1) is 12.4 Å². The largest absolute Gasteiger partial charge is 0.381 e. The highest BCUT2D eigenvalue weighted by molar-refractivity contribution is 7.89. The van der Waals surface area contributed by atoms with Gasteiger partial charge in [0.1, 0.15) is 0 Å². The second kappa shape index (κ2) is 7.95. The number of nitrogens with two attached hydrogens (primary N) is 1. The van der Waals surface area contributed by atoms with Crippen molar-refractivity contribution in [3.63, 3.8) is 0 Å². The van der Waals surface area contributed by atoms with E-state index in [1.54, 1.807) is 0 Å². The number of hydrogen-bond donors (Lipinski definition) is 2. The summed E-state index contributed by atoms with van der Waals surface area (Å²) in [6.45, 7) is 1.41. The highest BCUT2D eigenvalue weighted by Gasteiger charge is 2.23. The van der Waals surface area contributed by atoms with Crippen LogP contribution in [0.5, 0.6) is 0 Å². The first-order valence-electron chi connectivity index (χ1n) is 6.42. The lowest BCUT2D eigenvalue weighted by Crippen LogP contribution is -2.35. The summed E-state index contributed by atoms with van der Waals surface area (Å²) in [6, 6.07) is 9.14. The van der Waals surface area contributed by atoms with Crippen molar-refractivity contribution in [1.82, 2.24) is 4.72 Å². The Bertz CT molecular complexity index is 490. The van der Waals surface area contributed by atoms with E-state index in [0.717, 1.165) is 12.0 Å². The van der Waals surface area contributed by atoms with Crippen molar-refractivity contribution in [1.29, 1.82) is 0 Å². The van der Waals surface area contributed by atoms with Crippen molar-refractivity contribution < 1.29 is 13.2 Å². The molecule has 5 nitrogen and oxygen atoms in total. The van der Waals surface area contributed by atoms with Crippen LogP contribution in [0.4, 0.5) is 0 Å². The number of rotatable bonds is 6. The first kappa shape index (κ1) is 17.4. The van der Waals surface area contributed by atoms with E-state index in [9.17, 15) is 8.42 Å². The Balaban J connectivity index is 0.00000200. The Hall–Kier alpha value is -0.660. The molecule has 1 heterocycles. The van der Waals surface area contributed by atoms with E-state index in [1.165, 1.54) is 0 Å². The maximum absolute atomic E-state index is 11.9. The van der Waals surface area contributed by atoms with E-state index < -0.39 is 10.0 Å². The van der Waals surface area contributed by atoms with E-state index in [-0.39, 0.29) is 36.7 Å². The van der Waals surface area contributed by atoms with E-state index in [1.807, 2.05) is 30.3 Å². The maximum Gasteiger partial charge on any atom is 0.212 e. The molecule has 1 saturated heterocycles. The summed E-state index contributed by atoms with van der Waals surface area (Å²) in [5, 5.41) is 0. The molecule has 1 aliphatic rings. The molecule has 0 spiro atoms. The van der Waals surface area contributed by atoms with Gasteiger partial charge in [-0.3, -0.25) is 0 Å². The summed E-state index contributed by atoms with van der Waals surface area (Å²) >= 11 is 0. The molecule has 20 heavy (non-hydrogen) atoms. The van der Waals surface area contributed by atoms with Crippen LogP contribution in [0.1, 0.15) is 18.0 Å². The quantitative estimate of drug-likeness (QED) is 0.821. The second-order valence-electron chi connectivity index (χ2n) is 4.88. The Morgan fingerprint density at radius 1 is 1.35 bits per heavy atom. The molecule has 114 valence electrons. The molecule has 2 unspecified atom stereocenters. The van der Waals surface area contributed by atoms with Gasteiger partial charge in [-0.2, -0.15) is 0 Å². The Kier molecular flexibility index (Phi) is 6.91. The summed E-state index contributed by atoms with van der Waals surface area (Å²) in [5.41, 5.74) is 6.88. The normalized spacial score (nSPS) is 20.4. The zero-order valence-electron chi connectivity index (χ0n) is 11.2. The monoisotopic (exact) mass is 320 g/mol. The fourth-order valence-corrected chi connectivity index (χ4v) is 3.55. The molecule has 7 heteroatoms. The fraction of sp³-hybridized carbons (Fsp3) is 0.538. The van der Waals surface area contributed by atoms with Crippen molar-refractivity contribution in [3.05, 3.63) is 35.9 Å². The lowest BCUT2D eigenvalue weighted by Gasteiger charge is -2.14. The van der Waals surface area contributed by atoms with Crippen molar-refractivity contribution >= 4 is 22.4 Å². The molecule has 2 rings (SSSR count). The van der Waals surface area contributed by atoms with Crippen LogP contribution in [0.2, 0.25) is 0 Å². The number of nitrogens with one attached hydrogen (secondary N) is 1. The van der Waals surface area contributed by atoms with Crippen molar-refractivity contribution in [2.45, 2.75) is 12.5 Å². The molecule has 1 aromatic carbocycles. The summed E-state index contributed by atoms with van der Waals surface area (Å²) < 4.78 is 31.6. The second-order valence-corrected chi connectivity index (χ2v) is 6.73. The first-order chi connectivity index (χ1) is 9.07. The van der Waals surface area contributed by atoms with Gasteiger partial charge in [-0.25, -0.2) is 13.1 Å². The number of sulfonamides is 1. The minimum absolute atomic E-state index is 0. The molecule has 2 atom stereocenters. The minimum Gasteiger partial charge on any atom is -0.381 e. The van der Waals surface area contributed by atoms with Crippen LogP contribution in [0.3, 0.4) is 0 Å². The highest BCUT2D eigenvalue weighted by atomic mass is 35.5. The molecule has 3 N–H and O–H groups in total. The molecule has 1 fully saturated rings. The molecule has 0 amide bonds.